The molecule has 0 atom stereocenters. The van der Waals surface area contributed by atoms with Gasteiger partial charge >= 0.3 is 0 Å². The molecule has 0 saturated heterocycles. The van der Waals surface area contributed by atoms with Crippen molar-refractivity contribution in [3.63, 3.8) is 0 Å². The molecule has 0 unspecified atom stereocenters. The third kappa shape index (κ3) is 2.75. The number of nitrogens with zero attached hydrogens (tertiary/aromatic N) is 5. The van der Waals surface area contributed by atoms with E-state index >= 15 is 0 Å². The Balaban J connectivity index is 1.72. The van der Waals surface area contributed by atoms with Crippen molar-refractivity contribution < 1.29 is 4.79 Å². The van der Waals surface area contributed by atoms with Crippen molar-refractivity contribution in [1.29, 1.82) is 0 Å². The van der Waals surface area contributed by atoms with Crippen LogP contribution in [0.4, 0.5) is 0 Å². The molecule has 0 aliphatic heterocycles. The van der Waals surface area contributed by atoms with E-state index in [9.17, 15) is 9.59 Å². The van der Waals surface area contributed by atoms with Crippen molar-refractivity contribution in [2.45, 2.75) is 20.0 Å². The van der Waals surface area contributed by atoms with Gasteiger partial charge in [0.1, 0.15) is 18.3 Å². The van der Waals surface area contributed by atoms with Crippen LogP contribution in [0.5, 0.6) is 0 Å². The van der Waals surface area contributed by atoms with Crippen LogP contribution in [0.3, 0.4) is 0 Å². The van der Waals surface area contributed by atoms with Gasteiger partial charge in [0.2, 0.25) is 5.91 Å². The number of carbonyl (C=O) groups excluding carboxylic acids is 1. The summed E-state index contributed by atoms with van der Waals surface area (Å²) in [5, 5.41) is 7.22. The SMILES string of the molecule is Cc1ccc(CNC(=O)Cn2cnc3c(cnn3C)c2=O)n1C. The van der Waals surface area contributed by atoms with Crippen molar-refractivity contribution in [3.8, 4) is 0 Å². The highest BCUT2D eigenvalue weighted by molar-refractivity contribution is 5.77. The zero-order valence-electron chi connectivity index (χ0n) is 13.3. The van der Waals surface area contributed by atoms with E-state index < -0.39 is 0 Å². The number of nitrogens with one attached hydrogen (secondary N) is 1. The summed E-state index contributed by atoms with van der Waals surface area (Å²) in [7, 11) is 3.66. The second kappa shape index (κ2) is 5.71. The zero-order valence-corrected chi connectivity index (χ0v) is 13.3. The minimum absolute atomic E-state index is 0.0694. The number of aryl methyl sites for hydroxylation is 2. The first kappa shape index (κ1) is 15.0. The van der Waals surface area contributed by atoms with Gasteiger partial charge in [0.05, 0.1) is 12.7 Å². The van der Waals surface area contributed by atoms with Crippen molar-refractivity contribution in [2.75, 3.05) is 0 Å². The lowest BCUT2D eigenvalue weighted by molar-refractivity contribution is -0.121. The maximum atomic E-state index is 12.3. The van der Waals surface area contributed by atoms with Crippen LogP contribution >= 0.6 is 0 Å². The number of hydrogen-bond acceptors (Lipinski definition) is 4. The molecule has 0 aromatic carbocycles. The molecule has 0 aliphatic carbocycles. The van der Waals surface area contributed by atoms with E-state index in [1.807, 2.05) is 30.7 Å². The first-order valence-corrected chi connectivity index (χ1v) is 7.22. The van der Waals surface area contributed by atoms with Gasteiger partial charge in [-0.25, -0.2) is 4.98 Å². The fourth-order valence-electron chi connectivity index (χ4n) is 2.42. The summed E-state index contributed by atoms with van der Waals surface area (Å²) in [5.41, 5.74) is 2.36. The Morgan fingerprint density at radius 2 is 2.09 bits per heavy atom. The van der Waals surface area contributed by atoms with E-state index in [1.165, 1.54) is 21.8 Å². The number of rotatable bonds is 4. The summed E-state index contributed by atoms with van der Waals surface area (Å²) in [5.74, 6) is -0.240. The molecule has 3 rings (SSSR count). The average Bonchev–Trinajstić information content (AvgIpc) is 3.05. The fraction of sp³-hybridized carbons (Fsp3) is 0.333. The summed E-state index contributed by atoms with van der Waals surface area (Å²) in [4.78, 5) is 28.5. The lowest BCUT2D eigenvalue weighted by Gasteiger charge is -2.09. The number of amides is 1. The monoisotopic (exact) mass is 314 g/mol. The van der Waals surface area contributed by atoms with E-state index in [1.54, 1.807) is 7.05 Å². The molecule has 8 heteroatoms. The van der Waals surface area contributed by atoms with Crippen LogP contribution in [-0.4, -0.2) is 29.8 Å². The lowest BCUT2D eigenvalue weighted by atomic mass is 10.4. The highest BCUT2D eigenvalue weighted by Gasteiger charge is 2.11. The van der Waals surface area contributed by atoms with Crippen molar-refractivity contribution in [3.05, 3.63) is 46.4 Å². The predicted octanol–water partition coefficient (Wildman–Crippen LogP) is 0.0933. The molecular formula is C15H18N6O2. The largest absolute Gasteiger partial charge is 0.350 e. The molecule has 1 N–H and O–H groups in total. The Hall–Kier alpha value is -2.90. The second-order valence-electron chi connectivity index (χ2n) is 5.48. The molecule has 0 aliphatic rings. The molecule has 0 radical (unpaired) electrons. The van der Waals surface area contributed by atoms with E-state index in [4.69, 9.17) is 0 Å². The summed E-state index contributed by atoms with van der Waals surface area (Å²) < 4.78 is 4.82. The molecule has 0 bridgehead atoms. The van der Waals surface area contributed by atoms with Gasteiger partial charge in [0.15, 0.2) is 5.65 Å². The Morgan fingerprint density at radius 3 is 2.78 bits per heavy atom. The van der Waals surface area contributed by atoms with E-state index in [2.05, 4.69) is 15.4 Å². The first-order valence-electron chi connectivity index (χ1n) is 7.22. The van der Waals surface area contributed by atoms with E-state index in [-0.39, 0.29) is 18.0 Å². The summed E-state index contributed by atoms with van der Waals surface area (Å²) in [6.07, 6.45) is 2.84. The Morgan fingerprint density at radius 1 is 1.30 bits per heavy atom. The van der Waals surface area contributed by atoms with Crippen molar-refractivity contribution in [1.82, 2.24) is 29.2 Å². The molecular weight excluding hydrogens is 296 g/mol. The first-order chi connectivity index (χ1) is 11.0. The molecule has 120 valence electrons. The van der Waals surface area contributed by atoms with Gasteiger partial charge in [-0.2, -0.15) is 5.10 Å². The fourth-order valence-corrected chi connectivity index (χ4v) is 2.42. The van der Waals surface area contributed by atoms with Gasteiger partial charge in [-0.05, 0) is 19.1 Å². The zero-order chi connectivity index (χ0) is 16.6. The molecule has 23 heavy (non-hydrogen) atoms. The Labute approximate surface area is 132 Å². The van der Waals surface area contributed by atoms with Crippen molar-refractivity contribution >= 4 is 16.9 Å². The normalized spacial score (nSPS) is 11.1. The summed E-state index contributed by atoms with van der Waals surface area (Å²) >= 11 is 0. The van der Waals surface area contributed by atoms with Crippen LogP contribution in [0, 0.1) is 6.92 Å². The molecule has 0 spiro atoms. The minimum atomic E-state index is -0.270. The Bertz CT molecular complexity index is 933. The second-order valence-corrected chi connectivity index (χ2v) is 5.48. The predicted molar refractivity (Wildman–Crippen MR) is 84.8 cm³/mol. The highest BCUT2D eigenvalue weighted by atomic mass is 16.2. The molecule has 3 heterocycles. The summed E-state index contributed by atoms with van der Waals surface area (Å²) in [6, 6.07) is 3.96. The van der Waals surface area contributed by atoms with Crippen LogP contribution in [0.1, 0.15) is 11.4 Å². The third-order valence-corrected chi connectivity index (χ3v) is 3.98. The Kier molecular flexibility index (Phi) is 3.73. The highest BCUT2D eigenvalue weighted by Crippen LogP contribution is 2.05. The molecule has 3 aromatic rings. The third-order valence-electron chi connectivity index (χ3n) is 3.98. The van der Waals surface area contributed by atoms with Gasteiger partial charge in [-0.1, -0.05) is 0 Å². The quantitative estimate of drug-likeness (QED) is 0.739. The maximum Gasteiger partial charge on any atom is 0.264 e. The molecule has 0 saturated carbocycles. The summed E-state index contributed by atoms with van der Waals surface area (Å²) in [6.45, 7) is 2.35. The molecule has 1 amide bonds. The number of aromatic nitrogens is 5. The van der Waals surface area contributed by atoms with Gasteiger partial charge in [-0.3, -0.25) is 18.8 Å². The maximum absolute atomic E-state index is 12.3. The topological polar surface area (TPSA) is 86.7 Å². The van der Waals surface area contributed by atoms with Crippen LogP contribution in [0.2, 0.25) is 0 Å². The minimum Gasteiger partial charge on any atom is -0.350 e. The number of carbonyl (C=O) groups is 1. The van der Waals surface area contributed by atoms with E-state index in [0.29, 0.717) is 17.6 Å². The molecule has 3 aromatic heterocycles. The smallest absolute Gasteiger partial charge is 0.264 e. The van der Waals surface area contributed by atoms with Crippen LogP contribution < -0.4 is 10.9 Å². The number of fused-ring (bicyclic) bond motifs is 1. The molecule has 8 nitrogen and oxygen atoms in total. The van der Waals surface area contributed by atoms with E-state index in [0.717, 1.165) is 11.4 Å². The number of hydrogen-bond donors (Lipinski definition) is 1. The van der Waals surface area contributed by atoms with Crippen LogP contribution in [0.25, 0.3) is 11.0 Å². The van der Waals surface area contributed by atoms with Gasteiger partial charge in [0, 0.05) is 25.5 Å². The van der Waals surface area contributed by atoms with Gasteiger partial charge in [0.25, 0.3) is 5.56 Å². The molecule has 0 fully saturated rings. The van der Waals surface area contributed by atoms with Gasteiger partial charge < -0.3 is 9.88 Å². The standard InChI is InChI=1S/C15H18N6O2/c1-10-4-5-11(19(10)2)6-16-13(22)8-21-9-17-14-12(15(21)23)7-18-20(14)3/h4-5,7,9H,6,8H2,1-3H3,(H,16,22). The average molecular weight is 314 g/mol. The lowest BCUT2D eigenvalue weighted by Crippen LogP contribution is -2.32. The van der Waals surface area contributed by atoms with Crippen LogP contribution in [0.15, 0.2) is 29.5 Å². The van der Waals surface area contributed by atoms with Crippen LogP contribution in [-0.2, 0) is 32.0 Å². The van der Waals surface area contributed by atoms with Gasteiger partial charge in [-0.15, -0.1) is 0 Å². The van der Waals surface area contributed by atoms with Crippen molar-refractivity contribution in [2.24, 2.45) is 14.1 Å².